The van der Waals surface area contributed by atoms with Gasteiger partial charge in [-0.1, -0.05) is 34.1 Å². The lowest BCUT2D eigenvalue weighted by Crippen LogP contribution is -2.36. The van der Waals surface area contributed by atoms with Crippen molar-refractivity contribution in [1.29, 1.82) is 0 Å². The molecular formula is C12H18BrN3. The molecule has 0 aliphatic carbocycles. The zero-order chi connectivity index (χ0) is 11.8. The summed E-state index contributed by atoms with van der Waals surface area (Å²) in [5.74, 6) is 0.862. The Kier molecular flexibility index (Phi) is 5.93. The number of hydrogen-bond acceptors (Lipinski definition) is 1. The van der Waals surface area contributed by atoms with Crippen LogP contribution in [0.1, 0.15) is 19.4 Å². The van der Waals surface area contributed by atoms with E-state index in [1.807, 2.05) is 18.2 Å². The Balaban J connectivity index is 2.65. The van der Waals surface area contributed by atoms with E-state index in [4.69, 9.17) is 0 Å². The van der Waals surface area contributed by atoms with Gasteiger partial charge in [-0.2, -0.15) is 0 Å². The number of benzene rings is 1. The number of rotatable bonds is 4. The molecule has 0 saturated carbocycles. The molecule has 0 radical (unpaired) electrons. The summed E-state index contributed by atoms with van der Waals surface area (Å²) in [6, 6.07) is 8.14. The van der Waals surface area contributed by atoms with Gasteiger partial charge < -0.3 is 10.6 Å². The first-order valence-electron chi connectivity index (χ1n) is 5.53. The molecular weight excluding hydrogens is 266 g/mol. The van der Waals surface area contributed by atoms with Gasteiger partial charge in [0.2, 0.25) is 0 Å². The Morgan fingerprint density at radius 2 is 1.81 bits per heavy atom. The highest BCUT2D eigenvalue weighted by atomic mass is 79.9. The molecule has 4 heteroatoms. The SMILES string of the molecule is CCNC(=NCc1ccccc1Br)NCC. The van der Waals surface area contributed by atoms with Crippen LogP contribution in [0, 0.1) is 0 Å². The fourth-order valence-electron chi connectivity index (χ4n) is 1.30. The standard InChI is InChI=1S/C12H18BrN3/c1-3-14-12(15-4-2)16-9-10-7-5-6-8-11(10)13/h5-8H,3-4,9H2,1-2H3,(H2,14,15,16). The predicted molar refractivity (Wildman–Crippen MR) is 72.6 cm³/mol. The van der Waals surface area contributed by atoms with Gasteiger partial charge in [-0.15, -0.1) is 0 Å². The average Bonchev–Trinajstić information content (AvgIpc) is 2.28. The number of aliphatic imine (C=N–C) groups is 1. The first kappa shape index (κ1) is 13.0. The number of hydrogen-bond donors (Lipinski definition) is 2. The molecule has 0 saturated heterocycles. The molecule has 88 valence electrons. The van der Waals surface area contributed by atoms with Crippen molar-refractivity contribution in [2.24, 2.45) is 4.99 Å². The molecule has 0 amide bonds. The molecule has 2 N–H and O–H groups in total. The lowest BCUT2D eigenvalue weighted by Gasteiger charge is -2.09. The molecule has 0 fully saturated rings. The second-order valence-electron chi connectivity index (χ2n) is 3.32. The van der Waals surface area contributed by atoms with Crippen LogP contribution in [-0.2, 0) is 6.54 Å². The highest BCUT2D eigenvalue weighted by Crippen LogP contribution is 2.16. The van der Waals surface area contributed by atoms with Crippen molar-refractivity contribution < 1.29 is 0 Å². The fraction of sp³-hybridized carbons (Fsp3) is 0.417. The summed E-state index contributed by atoms with van der Waals surface area (Å²) in [5, 5.41) is 6.39. The third kappa shape index (κ3) is 4.23. The molecule has 0 unspecified atom stereocenters. The number of guanidine groups is 1. The molecule has 1 aromatic rings. The van der Waals surface area contributed by atoms with Crippen molar-refractivity contribution in [3.8, 4) is 0 Å². The molecule has 0 aliphatic rings. The Hall–Kier alpha value is -1.03. The first-order valence-corrected chi connectivity index (χ1v) is 6.32. The van der Waals surface area contributed by atoms with Crippen molar-refractivity contribution in [1.82, 2.24) is 10.6 Å². The van der Waals surface area contributed by atoms with E-state index in [2.05, 4.69) is 51.5 Å². The highest BCUT2D eigenvalue weighted by molar-refractivity contribution is 9.10. The lowest BCUT2D eigenvalue weighted by atomic mass is 10.2. The molecule has 3 nitrogen and oxygen atoms in total. The van der Waals surface area contributed by atoms with Gasteiger partial charge in [-0.25, -0.2) is 4.99 Å². The second kappa shape index (κ2) is 7.28. The van der Waals surface area contributed by atoms with E-state index >= 15 is 0 Å². The summed E-state index contributed by atoms with van der Waals surface area (Å²) in [6.07, 6.45) is 0. The van der Waals surface area contributed by atoms with Gasteiger partial charge in [-0.05, 0) is 25.5 Å². The summed E-state index contributed by atoms with van der Waals surface area (Å²) in [4.78, 5) is 4.50. The summed E-state index contributed by atoms with van der Waals surface area (Å²) in [7, 11) is 0. The third-order valence-electron chi connectivity index (χ3n) is 2.05. The van der Waals surface area contributed by atoms with E-state index in [1.165, 1.54) is 5.56 Å². The van der Waals surface area contributed by atoms with Gasteiger partial charge in [0.25, 0.3) is 0 Å². The number of halogens is 1. The molecule has 0 spiro atoms. The molecule has 0 aliphatic heterocycles. The molecule has 0 aromatic heterocycles. The van der Waals surface area contributed by atoms with Crippen LogP contribution in [0.5, 0.6) is 0 Å². The lowest BCUT2D eigenvalue weighted by molar-refractivity contribution is 0.839. The second-order valence-corrected chi connectivity index (χ2v) is 4.17. The highest BCUT2D eigenvalue weighted by Gasteiger charge is 1.98. The van der Waals surface area contributed by atoms with Crippen LogP contribution in [0.2, 0.25) is 0 Å². The maximum absolute atomic E-state index is 4.50. The van der Waals surface area contributed by atoms with Crippen LogP contribution in [0.25, 0.3) is 0 Å². The topological polar surface area (TPSA) is 36.4 Å². The van der Waals surface area contributed by atoms with Gasteiger partial charge in [0.05, 0.1) is 6.54 Å². The average molecular weight is 284 g/mol. The molecule has 0 bridgehead atoms. The van der Waals surface area contributed by atoms with Crippen LogP contribution in [-0.4, -0.2) is 19.0 Å². The van der Waals surface area contributed by atoms with Gasteiger partial charge in [0, 0.05) is 17.6 Å². The smallest absolute Gasteiger partial charge is 0.191 e. The summed E-state index contributed by atoms with van der Waals surface area (Å²) in [6.45, 7) is 6.55. The van der Waals surface area contributed by atoms with E-state index in [0.29, 0.717) is 6.54 Å². The van der Waals surface area contributed by atoms with Crippen LogP contribution >= 0.6 is 15.9 Å². The van der Waals surface area contributed by atoms with E-state index in [-0.39, 0.29) is 0 Å². The minimum Gasteiger partial charge on any atom is -0.357 e. The predicted octanol–water partition coefficient (Wildman–Crippen LogP) is 2.52. The summed E-state index contributed by atoms with van der Waals surface area (Å²) >= 11 is 3.51. The first-order chi connectivity index (χ1) is 7.77. The van der Waals surface area contributed by atoms with Crippen molar-refractivity contribution in [2.45, 2.75) is 20.4 Å². The zero-order valence-corrected chi connectivity index (χ0v) is 11.3. The number of nitrogens with zero attached hydrogens (tertiary/aromatic N) is 1. The molecule has 0 atom stereocenters. The Bertz CT molecular complexity index is 342. The Labute approximate surface area is 105 Å². The maximum atomic E-state index is 4.50. The van der Waals surface area contributed by atoms with Crippen LogP contribution in [0.3, 0.4) is 0 Å². The minimum atomic E-state index is 0.677. The van der Waals surface area contributed by atoms with Crippen LogP contribution in [0.4, 0.5) is 0 Å². The third-order valence-corrected chi connectivity index (χ3v) is 2.83. The molecule has 1 rings (SSSR count). The van der Waals surface area contributed by atoms with Crippen molar-refractivity contribution in [3.05, 3.63) is 34.3 Å². The molecule has 1 aromatic carbocycles. The summed E-state index contributed by atoms with van der Waals surface area (Å²) in [5.41, 5.74) is 1.19. The van der Waals surface area contributed by atoms with E-state index in [9.17, 15) is 0 Å². The van der Waals surface area contributed by atoms with Crippen molar-refractivity contribution in [2.75, 3.05) is 13.1 Å². The number of nitrogens with one attached hydrogen (secondary N) is 2. The van der Waals surface area contributed by atoms with Gasteiger partial charge in [-0.3, -0.25) is 0 Å². The van der Waals surface area contributed by atoms with Crippen molar-refractivity contribution in [3.63, 3.8) is 0 Å². The van der Waals surface area contributed by atoms with Crippen molar-refractivity contribution >= 4 is 21.9 Å². The Morgan fingerprint density at radius 3 is 2.38 bits per heavy atom. The van der Waals surface area contributed by atoms with Gasteiger partial charge >= 0.3 is 0 Å². The van der Waals surface area contributed by atoms with Gasteiger partial charge in [0.15, 0.2) is 5.96 Å². The monoisotopic (exact) mass is 283 g/mol. The van der Waals surface area contributed by atoms with E-state index in [1.54, 1.807) is 0 Å². The minimum absolute atomic E-state index is 0.677. The van der Waals surface area contributed by atoms with E-state index in [0.717, 1.165) is 23.5 Å². The fourth-order valence-corrected chi connectivity index (χ4v) is 1.71. The Morgan fingerprint density at radius 1 is 1.19 bits per heavy atom. The molecule has 16 heavy (non-hydrogen) atoms. The molecule has 0 heterocycles. The zero-order valence-electron chi connectivity index (χ0n) is 9.76. The largest absolute Gasteiger partial charge is 0.357 e. The summed E-state index contributed by atoms with van der Waals surface area (Å²) < 4.78 is 1.10. The van der Waals surface area contributed by atoms with E-state index < -0.39 is 0 Å². The van der Waals surface area contributed by atoms with Gasteiger partial charge in [0.1, 0.15) is 0 Å². The van der Waals surface area contributed by atoms with Crippen LogP contribution < -0.4 is 10.6 Å². The normalized spacial score (nSPS) is 9.69. The quantitative estimate of drug-likeness (QED) is 0.658. The maximum Gasteiger partial charge on any atom is 0.191 e. The van der Waals surface area contributed by atoms with Crippen LogP contribution in [0.15, 0.2) is 33.7 Å².